The van der Waals surface area contributed by atoms with Gasteiger partial charge in [-0.3, -0.25) is 4.79 Å². The predicted octanol–water partition coefficient (Wildman–Crippen LogP) is -0.0257. The number of nitro groups is 1. The van der Waals surface area contributed by atoms with Gasteiger partial charge >= 0.3 is 11.9 Å². The Balaban J connectivity index is 2.54. The fourth-order valence-electron chi connectivity index (χ4n) is 1.23. The van der Waals surface area contributed by atoms with E-state index in [0.717, 1.165) is 6.33 Å². The SMILES string of the molecule is CCOCCNC(=O)C(F)(F)Cn1cnc([N+](=O)[O-])n1. The van der Waals surface area contributed by atoms with E-state index < -0.39 is 29.2 Å². The zero-order valence-corrected chi connectivity index (χ0v) is 10.6. The molecule has 1 N–H and O–H groups in total. The second-order valence-corrected chi connectivity index (χ2v) is 3.66. The Morgan fingerprint density at radius 3 is 2.90 bits per heavy atom. The van der Waals surface area contributed by atoms with Crippen LogP contribution < -0.4 is 5.32 Å². The molecule has 0 bridgehead atoms. The number of carbonyl (C=O) groups excluding carboxylic acids is 1. The van der Waals surface area contributed by atoms with E-state index >= 15 is 0 Å². The van der Waals surface area contributed by atoms with Gasteiger partial charge in [-0.25, -0.2) is 0 Å². The van der Waals surface area contributed by atoms with Crippen LogP contribution in [0.25, 0.3) is 0 Å². The van der Waals surface area contributed by atoms with Crippen LogP contribution >= 0.6 is 0 Å². The number of hydrogen-bond donors (Lipinski definition) is 1. The number of hydrogen-bond acceptors (Lipinski definition) is 6. The number of alkyl halides is 2. The first-order valence-electron chi connectivity index (χ1n) is 5.64. The molecule has 1 heterocycles. The Kier molecular flexibility index (Phi) is 5.43. The minimum absolute atomic E-state index is 0.0558. The van der Waals surface area contributed by atoms with Crippen molar-refractivity contribution in [2.45, 2.75) is 19.4 Å². The first-order chi connectivity index (χ1) is 9.36. The minimum atomic E-state index is -3.76. The zero-order valence-electron chi connectivity index (χ0n) is 10.6. The van der Waals surface area contributed by atoms with Gasteiger partial charge < -0.3 is 20.2 Å². The maximum Gasteiger partial charge on any atom is 0.490 e. The second-order valence-electron chi connectivity index (χ2n) is 3.66. The number of amides is 1. The van der Waals surface area contributed by atoms with Crippen molar-refractivity contribution in [3.05, 3.63) is 16.4 Å². The molecule has 20 heavy (non-hydrogen) atoms. The summed E-state index contributed by atoms with van der Waals surface area (Å²) in [6.07, 6.45) is 0.763. The summed E-state index contributed by atoms with van der Waals surface area (Å²) >= 11 is 0. The van der Waals surface area contributed by atoms with Gasteiger partial charge in [-0.2, -0.15) is 13.5 Å². The lowest BCUT2D eigenvalue weighted by molar-refractivity contribution is -0.394. The maximum atomic E-state index is 13.5. The molecule has 0 aliphatic carbocycles. The van der Waals surface area contributed by atoms with Crippen LogP contribution in [-0.4, -0.2) is 51.3 Å². The van der Waals surface area contributed by atoms with E-state index in [4.69, 9.17) is 4.74 Å². The van der Waals surface area contributed by atoms with E-state index in [0.29, 0.717) is 11.3 Å². The van der Waals surface area contributed by atoms with Crippen molar-refractivity contribution in [1.29, 1.82) is 0 Å². The van der Waals surface area contributed by atoms with Gasteiger partial charge in [0.1, 0.15) is 6.54 Å². The van der Waals surface area contributed by atoms with Crippen LogP contribution in [-0.2, 0) is 16.1 Å². The van der Waals surface area contributed by atoms with E-state index in [1.54, 1.807) is 6.92 Å². The molecule has 1 rings (SSSR count). The summed E-state index contributed by atoms with van der Waals surface area (Å²) in [5.41, 5.74) is 0. The lowest BCUT2D eigenvalue weighted by atomic mass is 10.3. The monoisotopic (exact) mass is 293 g/mol. The summed E-state index contributed by atoms with van der Waals surface area (Å²) in [6, 6.07) is 0. The molecule has 0 aliphatic rings. The minimum Gasteiger partial charge on any atom is -0.390 e. The molecular weight excluding hydrogens is 280 g/mol. The first-order valence-corrected chi connectivity index (χ1v) is 5.64. The van der Waals surface area contributed by atoms with Crippen LogP contribution in [0.2, 0.25) is 0 Å². The highest BCUT2D eigenvalue weighted by atomic mass is 19.3. The number of halogens is 2. The molecule has 0 aromatic carbocycles. The van der Waals surface area contributed by atoms with Crippen molar-refractivity contribution in [3.8, 4) is 0 Å². The van der Waals surface area contributed by atoms with Gasteiger partial charge in [0.05, 0.1) is 6.61 Å². The van der Waals surface area contributed by atoms with Crippen molar-refractivity contribution >= 4 is 11.9 Å². The van der Waals surface area contributed by atoms with Gasteiger partial charge in [0.2, 0.25) is 6.33 Å². The standard InChI is InChI=1S/C9H13F2N5O4/c1-2-20-4-3-12-7(17)9(10,11)5-15-6-13-8(14-15)16(18)19/h6H,2-5H2,1H3,(H,12,17). The number of rotatable bonds is 8. The van der Waals surface area contributed by atoms with Gasteiger partial charge in [-0.15, -0.1) is 0 Å². The largest absolute Gasteiger partial charge is 0.490 e. The van der Waals surface area contributed by atoms with Crippen LogP contribution in [0.1, 0.15) is 6.92 Å². The molecule has 0 fully saturated rings. The van der Waals surface area contributed by atoms with Gasteiger partial charge in [0.25, 0.3) is 5.91 Å². The van der Waals surface area contributed by atoms with Crippen molar-refractivity contribution in [2.24, 2.45) is 0 Å². The van der Waals surface area contributed by atoms with Crippen LogP contribution in [0.4, 0.5) is 14.7 Å². The third kappa shape index (κ3) is 4.50. The van der Waals surface area contributed by atoms with Crippen molar-refractivity contribution in [3.63, 3.8) is 0 Å². The highest BCUT2D eigenvalue weighted by molar-refractivity contribution is 5.83. The summed E-state index contributed by atoms with van der Waals surface area (Å²) in [6.45, 7) is 1.07. The zero-order chi connectivity index (χ0) is 15.2. The molecule has 0 saturated carbocycles. The molecule has 0 radical (unpaired) electrons. The van der Waals surface area contributed by atoms with Gasteiger partial charge in [0.15, 0.2) is 0 Å². The first kappa shape index (κ1) is 15.9. The summed E-state index contributed by atoms with van der Waals surface area (Å²) in [5.74, 6) is -6.07. The highest BCUT2D eigenvalue weighted by Crippen LogP contribution is 2.16. The normalized spacial score (nSPS) is 11.3. The lowest BCUT2D eigenvalue weighted by Crippen LogP contribution is -2.44. The molecule has 0 saturated heterocycles. The molecule has 9 nitrogen and oxygen atoms in total. The molecule has 0 unspecified atom stereocenters. The van der Waals surface area contributed by atoms with E-state index in [-0.39, 0.29) is 13.2 Å². The van der Waals surface area contributed by atoms with E-state index in [9.17, 15) is 23.7 Å². The van der Waals surface area contributed by atoms with Crippen LogP contribution in [0, 0.1) is 10.1 Å². The summed E-state index contributed by atoms with van der Waals surface area (Å²) < 4.78 is 32.4. The average Bonchev–Trinajstić information content (AvgIpc) is 2.82. The average molecular weight is 293 g/mol. The molecule has 0 atom stereocenters. The van der Waals surface area contributed by atoms with Gasteiger partial charge in [0, 0.05) is 18.3 Å². The number of aromatic nitrogens is 3. The smallest absolute Gasteiger partial charge is 0.390 e. The third-order valence-corrected chi connectivity index (χ3v) is 2.12. The quantitative estimate of drug-likeness (QED) is 0.409. The molecule has 112 valence electrons. The maximum absolute atomic E-state index is 13.5. The molecule has 11 heteroatoms. The van der Waals surface area contributed by atoms with E-state index in [1.165, 1.54) is 0 Å². The Morgan fingerprint density at radius 1 is 1.65 bits per heavy atom. The number of nitrogens with zero attached hydrogens (tertiary/aromatic N) is 4. The highest BCUT2D eigenvalue weighted by Gasteiger charge is 2.40. The Hall–Kier alpha value is -2.17. The fraction of sp³-hybridized carbons (Fsp3) is 0.667. The number of ether oxygens (including phenoxy) is 1. The predicted molar refractivity (Wildman–Crippen MR) is 61.1 cm³/mol. The van der Waals surface area contributed by atoms with Crippen molar-refractivity contribution in [2.75, 3.05) is 19.8 Å². The third-order valence-electron chi connectivity index (χ3n) is 2.12. The van der Waals surface area contributed by atoms with E-state index in [1.807, 2.05) is 5.32 Å². The number of nitrogens with one attached hydrogen (secondary N) is 1. The Labute approximate surface area is 112 Å². The Morgan fingerprint density at radius 2 is 2.35 bits per heavy atom. The lowest BCUT2D eigenvalue weighted by Gasteiger charge is -2.14. The van der Waals surface area contributed by atoms with Crippen molar-refractivity contribution in [1.82, 2.24) is 20.1 Å². The van der Waals surface area contributed by atoms with Crippen LogP contribution in [0.15, 0.2) is 6.33 Å². The second kappa shape index (κ2) is 6.84. The van der Waals surface area contributed by atoms with Crippen molar-refractivity contribution < 1.29 is 23.2 Å². The summed E-state index contributed by atoms with van der Waals surface area (Å²) in [5, 5.41) is 15.5. The molecule has 1 aromatic heterocycles. The Bertz CT molecular complexity index is 479. The topological polar surface area (TPSA) is 112 Å². The number of carbonyl (C=O) groups is 1. The summed E-state index contributed by atoms with van der Waals surface area (Å²) in [4.78, 5) is 23.9. The van der Waals surface area contributed by atoms with E-state index in [2.05, 4.69) is 10.1 Å². The van der Waals surface area contributed by atoms with Gasteiger partial charge in [-0.1, -0.05) is 4.98 Å². The van der Waals surface area contributed by atoms with Gasteiger partial charge in [-0.05, 0) is 11.8 Å². The molecule has 1 aromatic rings. The molecule has 0 spiro atoms. The summed E-state index contributed by atoms with van der Waals surface area (Å²) in [7, 11) is 0. The molecule has 0 aliphatic heterocycles. The van der Waals surface area contributed by atoms with Crippen LogP contribution in [0.5, 0.6) is 0 Å². The molecular formula is C9H13F2N5O4. The fourth-order valence-corrected chi connectivity index (χ4v) is 1.23. The molecule has 1 amide bonds. The van der Waals surface area contributed by atoms with Crippen LogP contribution in [0.3, 0.4) is 0 Å².